The van der Waals surface area contributed by atoms with Crippen LogP contribution >= 0.6 is 11.6 Å². The summed E-state index contributed by atoms with van der Waals surface area (Å²) in [5.74, 6) is 0.338. The van der Waals surface area contributed by atoms with Gasteiger partial charge in [-0.2, -0.15) is 0 Å². The average molecular weight is 324 g/mol. The summed E-state index contributed by atoms with van der Waals surface area (Å²) in [6, 6.07) is 11.9. The van der Waals surface area contributed by atoms with E-state index < -0.39 is 5.82 Å². The van der Waals surface area contributed by atoms with E-state index in [9.17, 15) is 9.50 Å². The van der Waals surface area contributed by atoms with Crippen LogP contribution in [0.5, 0.6) is 5.75 Å². The van der Waals surface area contributed by atoms with Crippen LogP contribution in [0.1, 0.15) is 24.1 Å². The molecule has 0 spiro atoms. The van der Waals surface area contributed by atoms with Crippen molar-refractivity contribution in [3.63, 3.8) is 0 Å². The Kier molecular flexibility index (Phi) is 6.19. The Hall–Kier alpha value is -1.62. The molecule has 118 valence electrons. The Bertz CT molecular complexity index is 604. The molecule has 0 radical (unpaired) electrons. The molecular formula is C17H19ClFNO2. The van der Waals surface area contributed by atoms with Gasteiger partial charge in [-0.15, -0.1) is 0 Å². The van der Waals surface area contributed by atoms with Crippen LogP contribution in [0, 0.1) is 5.82 Å². The zero-order chi connectivity index (χ0) is 15.9. The SMILES string of the molecule is CCOc1ccc(CNC(CO)c2ccc(Cl)c(F)c2)cc1. The maximum atomic E-state index is 13.5. The minimum atomic E-state index is -0.486. The standard InChI is InChI=1S/C17H19ClFNO2/c1-2-22-14-6-3-12(4-7-14)10-20-17(11-21)13-5-8-15(18)16(19)9-13/h3-9,17,20-21H,2,10-11H2,1H3. The number of aliphatic hydroxyl groups excluding tert-OH is 1. The molecule has 0 aliphatic rings. The Morgan fingerprint density at radius 1 is 1.23 bits per heavy atom. The summed E-state index contributed by atoms with van der Waals surface area (Å²) in [6.07, 6.45) is 0. The molecule has 0 heterocycles. The Morgan fingerprint density at radius 3 is 2.55 bits per heavy atom. The maximum Gasteiger partial charge on any atom is 0.142 e. The Labute approximate surface area is 134 Å². The second kappa shape index (κ2) is 8.13. The van der Waals surface area contributed by atoms with E-state index in [2.05, 4.69) is 5.32 Å². The first-order chi connectivity index (χ1) is 10.6. The lowest BCUT2D eigenvalue weighted by atomic mass is 10.1. The molecule has 0 fully saturated rings. The van der Waals surface area contributed by atoms with Gasteiger partial charge in [-0.1, -0.05) is 29.8 Å². The summed E-state index contributed by atoms with van der Waals surface area (Å²) in [7, 11) is 0. The molecule has 0 amide bonds. The second-order valence-electron chi connectivity index (χ2n) is 4.87. The summed E-state index contributed by atoms with van der Waals surface area (Å²) >= 11 is 5.67. The van der Waals surface area contributed by atoms with Crippen LogP contribution in [0.2, 0.25) is 5.02 Å². The number of benzene rings is 2. The van der Waals surface area contributed by atoms with E-state index in [0.29, 0.717) is 18.7 Å². The number of nitrogens with one attached hydrogen (secondary N) is 1. The Morgan fingerprint density at radius 2 is 1.95 bits per heavy atom. The molecule has 0 bridgehead atoms. The number of ether oxygens (including phenoxy) is 1. The molecule has 1 unspecified atom stereocenters. The van der Waals surface area contributed by atoms with E-state index in [4.69, 9.17) is 16.3 Å². The number of hydrogen-bond donors (Lipinski definition) is 2. The van der Waals surface area contributed by atoms with Gasteiger partial charge in [-0.3, -0.25) is 0 Å². The summed E-state index contributed by atoms with van der Waals surface area (Å²) in [6.45, 7) is 3.00. The van der Waals surface area contributed by atoms with E-state index in [1.807, 2.05) is 31.2 Å². The Balaban J connectivity index is 1.99. The monoisotopic (exact) mass is 323 g/mol. The van der Waals surface area contributed by atoms with Crippen molar-refractivity contribution in [1.29, 1.82) is 0 Å². The van der Waals surface area contributed by atoms with Gasteiger partial charge in [0.05, 0.1) is 24.3 Å². The predicted octanol–water partition coefficient (Wildman–Crippen LogP) is 3.70. The molecular weight excluding hydrogens is 305 g/mol. The van der Waals surface area contributed by atoms with Crippen molar-refractivity contribution in [2.75, 3.05) is 13.2 Å². The molecule has 2 aromatic rings. The maximum absolute atomic E-state index is 13.5. The van der Waals surface area contributed by atoms with E-state index in [0.717, 1.165) is 11.3 Å². The summed E-state index contributed by atoms with van der Waals surface area (Å²) < 4.78 is 18.9. The molecule has 5 heteroatoms. The van der Waals surface area contributed by atoms with Gasteiger partial charge in [-0.25, -0.2) is 4.39 Å². The molecule has 1 atom stereocenters. The van der Waals surface area contributed by atoms with Crippen molar-refractivity contribution in [3.8, 4) is 5.75 Å². The van der Waals surface area contributed by atoms with Crippen LogP contribution < -0.4 is 10.1 Å². The minimum Gasteiger partial charge on any atom is -0.494 e. The number of hydrogen-bond acceptors (Lipinski definition) is 3. The fourth-order valence-electron chi connectivity index (χ4n) is 2.13. The molecule has 0 aliphatic heterocycles. The topological polar surface area (TPSA) is 41.5 Å². The third-order valence-corrected chi connectivity index (χ3v) is 3.62. The van der Waals surface area contributed by atoms with Crippen molar-refractivity contribution in [1.82, 2.24) is 5.32 Å². The van der Waals surface area contributed by atoms with Gasteiger partial charge in [0.1, 0.15) is 11.6 Å². The highest BCUT2D eigenvalue weighted by atomic mass is 35.5. The number of halogens is 2. The van der Waals surface area contributed by atoms with Gasteiger partial charge in [0.2, 0.25) is 0 Å². The largest absolute Gasteiger partial charge is 0.494 e. The van der Waals surface area contributed by atoms with Crippen molar-refractivity contribution in [3.05, 3.63) is 64.4 Å². The number of aliphatic hydroxyl groups is 1. The highest BCUT2D eigenvalue weighted by molar-refractivity contribution is 6.30. The van der Waals surface area contributed by atoms with Gasteiger partial charge in [0.15, 0.2) is 0 Å². The molecule has 3 nitrogen and oxygen atoms in total. The van der Waals surface area contributed by atoms with Crippen molar-refractivity contribution in [2.24, 2.45) is 0 Å². The van der Waals surface area contributed by atoms with Gasteiger partial charge in [-0.05, 0) is 42.3 Å². The van der Waals surface area contributed by atoms with Crippen LogP contribution in [0.25, 0.3) is 0 Å². The molecule has 2 aromatic carbocycles. The van der Waals surface area contributed by atoms with Crippen LogP contribution in [0.3, 0.4) is 0 Å². The van der Waals surface area contributed by atoms with Gasteiger partial charge < -0.3 is 15.2 Å². The normalized spacial score (nSPS) is 12.2. The summed E-state index contributed by atoms with van der Waals surface area (Å²) in [5, 5.41) is 12.8. The molecule has 0 saturated heterocycles. The van der Waals surface area contributed by atoms with E-state index in [-0.39, 0.29) is 17.7 Å². The van der Waals surface area contributed by atoms with Crippen molar-refractivity contribution in [2.45, 2.75) is 19.5 Å². The molecule has 0 aromatic heterocycles. The quantitative estimate of drug-likeness (QED) is 0.816. The number of rotatable bonds is 7. The first kappa shape index (κ1) is 16.7. The third kappa shape index (κ3) is 4.44. The molecule has 22 heavy (non-hydrogen) atoms. The average Bonchev–Trinajstić information content (AvgIpc) is 2.53. The summed E-state index contributed by atoms with van der Waals surface area (Å²) in [5.41, 5.74) is 1.71. The van der Waals surface area contributed by atoms with Crippen molar-refractivity contribution >= 4 is 11.6 Å². The minimum absolute atomic E-state index is 0.0759. The molecule has 2 rings (SSSR count). The van der Waals surface area contributed by atoms with Crippen LogP contribution in [0.15, 0.2) is 42.5 Å². The molecule has 0 saturated carbocycles. The van der Waals surface area contributed by atoms with Crippen molar-refractivity contribution < 1.29 is 14.2 Å². The highest BCUT2D eigenvalue weighted by Crippen LogP contribution is 2.21. The zero-order valence-corrected chi connectivity index (χ0v) is 13.1. The molecule has 2 N–H and O–H groups in total. The van der Waals surface area contributed by atoms with Crippen LogP contribution in [-0.4, -0.2) is 18.3 Å². The molecule has 0 aliphatic carbocycles. The highest BCUT2D eigenvalue weighted by Gasteiger charge is 2.12. The van der Waals surface area contributed by atoms with Gasteiger partial charge >= 0.3 is 0 Å². The first-order valence-electron chi connectivity index (χ1n) is 7.15. The third-order valence-electron chi connectivity index (χ3n) is 3.32. The first-order valence-corrected chi connectivity index (χ1v) is 7.52. The fourth-order valence-corrected chi connectivity index (χ4v) is 2.25. The van der Waals surface area contributed by atoms with Crippen LogP contribution in [0.4, 0.5) is 4.39 Å². The lowest BCUT2D eigenvalue weighted by Crippen LogP contribution is -2.24. The zero-order valence-electron chi connectivity index (χ0n) is 12.4. The van der Waals surface area contributed by atoms with E-state index >= 15 is 0 Å². The second-order valence-corrected chi connectivity index (χ2v) is 5.27. The van der Waals surface area contributed by atoms with Crippen LogP contribution in [-0.2, 0) is 6.54 Å². The lowest BCUT2D eigenvalue weighted by Gasteiger charge is -2.17. The lowest BCUT2D eigenvalue weighted by molar-refractivity contribution is 0.243. The van der Waals surface area contributed by atoms with E-state index in [1.165, 1.54) is 12.1 Å². The van der Waals surface area contributed by atoms with Gasteiger partial charge in [0, 0.05) is 6.54 Å². The van der Waals surface area contributed by atoms with E-state index in [1.54, 1.807) is 6.07 Å². The smallest absolute Gasteiger partial charge is 0.142 e. The van der Waals surface area contributed by atoms with Gasteiger partial charge in [0.25, 0.3) is 0 Å². The summed E-state index contributed by atoms with van der Waals surface area (Å²) in [4.78, 5) is 0. The fraction of sp³-hybridized carbons (Fsp3) is 0.294. The predicted molar refractivity (Wildman–Crippen MR) is 85.7 cm³/mol.